The molecule has 0 aliphatic carbocycles. The standard InChI is InChI=1S/C16H19Cl2NO3/c17-12-2-3-14(13(18)10-12)21-11-15(20)19-7-5-16(6-8-19)4-1-9-22-16/h2-3,10H,1,4-9,11H2. The number of hydrogen-bond donors (Lipinski definition) is 0. The summed E-state index contributed by atoms with van der Waals surface area (Å²) in [5.74, 6) is 0.464. The summed E-state index contributed by atoms with van der Waals surface area (Å²) in [6.45, 7) is 2.31. The van der Waals surface area contributed by atoms with Gasteiger partial charge in [0.1, 0.15) is 5.75 Å². The maximum absolute atomic E-state index is 12.2. The molecule has 0 unspecified atom stereocenters. The fraction of sp³-hybridized carbons (Fsp3) is 0.562. The smallest absolute Gasteiger partial charge is 0.260 e. The molecule has 0 saturated carbocycles. The molecule has 1 aromatic carbocycles. The van der Waals surface area contributed by atoms with E-state index in [2.05, 4.69) is 0 Å². The van der Waals surface area contributed by atoms with Gasteiger partial charge in [-0.25, -0.2) is 0 Å². The molecule has 1 spiro atoms. The molecule has 120 valence electrons. The highest BCUT2D eigenvalue weighted by Gasteiger charge is 2.39. The maximum atomic E-state index is 12.2. The number of likely N-dealkylation sites (tertiary alicyclic amines) is 1. The van der Waals surface area contributed by atoms with Crippen molar-refractivity contribution in [3.05, 3.63) is 28.2 Å². The predicted octanol–water partition coefficient (Wildman–Crippen LogP) is 3.54. The molecule has 2 aliphatic rings. The quantitative estimate of drug-likeness (QED) is 0.842. The molecule has 0 bridgehead atoms. The minimum Gasteiger partial charge on any atom is -0.482 e. The molecular weight excluding hydrogens is 325 g/mol. The van der Waals surface area contributed by atoms with Crippen LogP contribution in [0.3, 0.4) is 0 Å². The van der Waals surface area contributed by atoms with Crippen LogP contribution >= 0.6 is 23.2 Å². The molecule has 22 heavy (non-hydrogen) atoms. The Kier molecular flexibility index (Phi) is 4.81. The van der Waals surface area contributed by atoms with Gasteiger partial charge in [0.25, 0.3) is 5.91 Å². The molecule has 3 rings (SSSR count). The lowest BCUT2D eigenvalue weighted by Crippen LogP contribution is -2.47. The van der Waals surface area contributed by atoms with Gasteiger partial charge in [0, 0.05) is 24.7 Å². The first-order valence-corrected chi connectivity index (χ1v) is 8.33. The van der Waals surface area contributed by atoms with E-state index in [1.54, 1.807) is 18.2 Å². The summed E-state index contributed by atoms with van der Waals surface area (Å²) in [4.78, 5) is 14.1. The second-order valence-corrected chi connectivity index (χ2v) is 6.72. The van der Waals surface area contributed by atoms with E-state index in [9.17, 15) is 4.79 Å². The van der Waals surface area contributed by atoms with Crippen LogP contribution in [0.1, 0.15) is 25.7 Å². The van der Waals surface area contributed by atoms with E-state index in [-0.39, 0.29) is 18.1 Å². The molecule has 2 fully saturated rings. The molecule has 1 aromatic rings. The number of benzene rings is 1. The monoisotopic (exact) mass is 343 g/mol. The van der Waals surface area contributed by atoms with Gasteiger partial charge in [-0.1, -0.05) is 23.2 Å². The van der Waals surface area contributed by atoms with Crippen LogP contribution in [0.4, 0.5) is 0 Å². The predicted molar refractivity (Wildman–Crippen MR) is 85.7 cm³/mol. The molecule has 2 heterocycles. The van der Waals surface area contributed by atoms with Crippen molar-refractivity contribution < 1.29 is 14.3 Å². The third-order valence-electron chi connectivity index (χ3n) is 4.46. The zero-order chi connectivity index (χ0) is 15.6. The first-order chi connectivity index (χ1) is 10.6. The van der Waals surface area contributed by atoms with Crippen molar-refractivity contribution in [2.45, 2.75) is 31.3 Å². The van der Waals surface area contributed by atoms with Crippen molar-refractivity contribution in [2.24, 2.45) is 0 Å². The number of halogens is 2. The van der Waals surface area contributed by atoms with Gasteiger partial charge in [-0.05, 0) is 43.9 Å². The van der Waals surface area contributed by atoms with E-state index in [1.807, 2.05) is 4.90 Å². The lowest BCUT2D eigenvalue weighted by Gasteiger charge is -2.38. The molecule has 0 radical (unpaired) electrons. The highest BCUT2D eigenvalue weighted by molar-refractivity contribution is 6.35. The largest absolute Gasteiger partial charge is 0.482 e. The summed E-state index contributed by atoms with van der Waals surface area (Å²) < 4.78 is 11.4. The van der Waals surface area contributed by atoms with E-state index in [0.717, 1.165) is 45.4 Å². The summed E-state index contributed by atoms with van der Waals surface area (Å²) in [6.07, 6.45) is 4.08. The minimum atomic E-state index is -0.0149. The average Bonchev–Trinajstić information content (AvgIpc) is 2.95. The van der Waals surface area contributed by atoms with Gasteiger partial charge in [0.15, 0.2) is 6.61 Å². The number of carbonyl (C=O) groups excluding carboxylic acids is 1. The van der Waals surface area contributed by atoms with E-state index in [0.29, 0.717) is 15.8 Å². The Bertz CT molecular complexity index is 548. The van der Waals surface area contributed by atoms with Crippen LogP contribution in [0.25, 0.3) is 0 Å². The van der Waals surface area contributed by atoms with Crippen LogP contribution in [-0.4, -0.2) is 42.7 Å². The number of amides is 1. The summed E-state index contributed by atoms with van der Waals surface area (Å²) in [7, 11) is 0. The number of piperidine rings is 1. The molecule has 0 N–H and O–H groups in total. The van der Waals surface area contributed by atoms with Crippen LogP contribution in [0, 0.1) is 0 Å². The summed E-state index contributed by atoms with van der Waals surface area (Å²) in [5, 5.41) is 0.957. The SMILES string of the molecule is O=C(COc1ccc(Cl)cc1Cl)N1CCC2(CCCO2)CC1. The Balaban J connectivity index is 1.50. The third-order valence-corrected chi connectivity index (χ3v) is 4.99. The van der Waals surface area contributed by atoms with Crippen LogP contribution < -0.4 is 4.74 Å². The van der Waals surface area contributed by atoms with Gasteiger partial charge in [-0.3, -0.25) is 4.79 Å². The number of rotatable bonds is 3. The molecule has 0 aromatic heterocycles. The van der Waals surface area contributed by atoms with Gasteiger partial charge in [0.2, 0.25) is 0 Å². The summed E-state index contributed by atoms with van der Waals surface area (Å²) >= 11 is 11.9. The van der Waals surface area contributed by atoms with Crippen LogP contribution in [0.15, 0.2) is 18.2 Å². The van der Waals surface area contributed by atoms with Crippen LogP contribution in [0.2, 0.25) is 10.0 Å². The number of nitrogens with zero attached hydrogens (tertiary/aromatic N) is 1. The van der Waals surface area contributed by atoms with Crippen molar-refractivity contribution in [1.29, 1.82) is 0 Å². The Morgan fingerprint density at radius 2 is 2.05 bits per heavy atom. The highest BCUT2D eigenvalue weighted by Crippen LogP contribution is 2.35. The van der Waals surface area contributed by atoms with Gasteiger partial charge < -0.3 is 14.4 Å². The lowest BCUT2D eigenvalue weighted by molar-refractivity contribution is -0.138. The lowest BCUT2D eigenvalue weighted by atomic mass is 9.89. The summed E-state index contributed by atoms with van der Waals surface area (Å²) in [6, 6.07) is 4.97. The van der Waals surface area contributed by atoms with Crippen molar-refractivity contribution in [2.75, 3.05) is 26.3 Å². The Hall–Kier alpha value is -0.970. The zero-order valence-electron chi connectivity index (χ0n) is 12.3. The Morgan fingerprint density at radius 3 is 2.68 bits per heavy atom. The van der Waals surface area contributed by atoms with Gasteiger partial charge in [-0.15, -0.1) is 0 Å². The van der Waals surface area contributed by atoms with Gasteiger partial charge in [0.05, 0.1) is 10.6 Å². The van der Waals surface area contributed by atoms with Crippen molar-refractivity contribution in [3.63, 3.8) is 0 Å². The maximum Gasteiger partial charge on any atom is 0.260 e. The number of hydrogen-bond acceptors (Lipinski definition) is 3. The zero-order valence-corrected chi connectivity index (χ0v) is 13.8. The van der Waals surface area contributed by atoms with E-state index < -0.39 is 0 Å². The van der Waals surface area contributed by atoms with Gasteiger partial charge >= 0.3 is 0 Å². The van der Waals surface area contributed by atoms with Crippen molar-refractivity contribution in [1.82, 2.24) is 4.90 Å². The molecular formula is C16H19Cl2NO3. The second-order valence-electron chi connectivity index (χ2n) is 5.88. The minimum absolute atomic E-state index is 0.00475. The second kappa shape index (κ2) is 6.65. The summed E-state index contributed by atoms with van der Waals surface area (Å²) in [5.41, 5.74) is 0.0249. The fourth-order valence-electron chi connectivity index (χ4n) is 3.14. The third kappa shape index (κ3) is 3.50. The molecule has 1 amide bonds. The first kappa shape index (κ1) is 15.9. The van der Waals surface area contributed by atoms with Crippen LogP contribution in [0.5, 0.6) is 5.75 Å². The molecule has 6 heteroatoms. The van der Waals surface area contributed by atoms with E-state index >= 15 is 0 Å². The van der Waals surface area contributed by atoms with Crippen LogP contribution in [-0.2, 0) is 9.53 Å². The Labute approximate surface area is 140 Å². The normalized spacial score (nSPS) is 20.4. The highest BCUT2D eigenvalue weighted by atomic mass is 35.5. The number of carbonyl (C=O) groups is 1. The average molecular weight is 344 g/mol. The van der Waals surface area contributed by atoms with E-state index in [4.69, 9.17) is 32.7 Å². The Morgan fingerprint density at radius 1 is 1.27 bits per heavy atom. The first-order valence-electron chi connectivity index (χ1n) is 7.58. The molecule has 2 aliphatic heterocycles. The van der Waals surface area contributed by atoms with E-state index in [1.165, 1.54) is 0 Å². The van der Waals surface area contributed by atoms with Crippen molar-refractivity contribution in [3.8, 4) is 5.75 Å². The molecule has 4 nitrogen and oxygen atoms in total. The molecule has 0 atom stereocenters. The van der Waals surface area contributed by atoms with Crippen molar-refractivity contribution >= 4 is 29.1 Å². The molecule has 2 saturated heterocycles. The fourth-order valence-corrected chi connectivity index (χ4v) is 3.60. The van der Waals surface area contributed by atoms with Gasteiger partial charge in [-0.2, -0.15) is 0 Å². The topological polar surface area (TPSA) is 38.8 Å². The number of ether oxygens (including phenoxy) is 2.